The van der Waals surface area contributed by atoms with E-state index in [0.29, 0.717) is 12.8 Å². The normalized spacial score (nSPS) is 17.5. The van der Waals surface area contributed by atoms with Crippen LogP contribution in [0.3, 0.4) is 0 Å². The third kappa shape index (κ3) is 1.39. The van der Waals surface area contributed by atoms with E-state index in [1.165, 1.54) is 0 Å². The second-order valence-corrected chi connectivity index (χ2v) is 4.32. The Bertz CT molecular complexity index is 407. The fourth-order valence-electron chi connectivity index (χ4n) is 1.87. The van der Waals surface area contributed by atoms with Gasteiger partial charge in [-0.05, 0) is 49.4 Å². The minimum absolute atomic E-state index is 0.192. The molecule has 0 spiro atoms. The van der Waals surface area contributed by atoms with E-state index in [0.717, 1.165) is 16.7 Å². The smallest absolute Gasteiger partial charge is 0.314 e. The largest absolute Gasteiger partial charge is 0.508 e. The van der Waals surface area contributed by atoms with Crippen LogP contribution in [0.2, 0.25) is 0 Å². The maximum Gasteiger partial charge on any atom is 0.314 e. The number of aryl methyl sites for hydroxylation is 1. The quantitative estimate of drug-likeness (QED) is 0.779. The van der Waals surface area contributed by atoms with E-state index in [-0.39, 0.29) is 5.75 Å². The molecular weight excluding hydrogens is 192 g/mol. The molecule has 1 aromatic rings. The third-order valence-corrected chi connectivity index (χ3v) is 3.35. The molecule has 2 rings (SSSR count). The van der Waals surface area contributed by atoms with Crippen LogP contribution in [0.15, 0.2) is 12.1 Å². The van der Waals surface area contributed by atoms with Crippen LogP contribution in [0.5, 0.6) is 5.75 Å². The summed E-state index contributed by atoms with van der Waals surface area (Å²) in [6.07, 6.45) is 1.34. The van der Waals surface area contributed by atoms with Crippen molar-refractivity contribution in [2.75, 3.05) is 0 Å². The fourth-order valence-corrected chi connectivity index (χ4v) is 1.87. The molecule has 15 heavy (non-hydrogen) atoms. The van der Waals surface area contributed by atoms with Gasteiger partial charge in [-0.1, -0.05) is 6.07 Å². The van der Waals surface area contributed by atoms with Crippen LogP contribution in [-0.2, 0) is 10.2 Å². The van der Waals surface area contributed by atoms with Gasteiger partial charge in [-0.15, -0.1) is 0 Å². The summed E-state index contributed by atoms with van der Waals surface area (Å²) < 4.78 is 0. The molecule has 80 valence electrons. The topological polar surface area (TPSA) is 57.5 Å². The molecule has 1 saturated carbocycles. The molecule has 1 aromatic carbocycles. The number of phenolic OH excluding ortho intramolecular Hbond substituents is 1. The highest BCUT2D eigenvalue weighted by Crippen LogP contribution is 2.49. The van der Waals surface area contributed by atoms with Crippen molar-refractivity contribution in [3.05, 3.63) is 28.8 Å². The molecule has 3 heteroatoms. The van der Waals surface area contributed by atoms with Crippen LogP contribution in [0, 0.1) is 13.8 Å². The molecule has 0 saturated heterocycles. The van der Waals surface area contributed by atoms with Crippen molar-refractivity contribution >= 4 is 5.97 Å². The second kappa shape index (κ2) is 2.99. The lowest BCUT2D eigenvalue weighted by Gasteiger charge is -2.13. The summed E-state index contributed by atoms with van der Waals surface area (Å²) in [5.41, 5.74) is 1.77. The van der Waals surface area contributed by atoms with Gasteiger partial charge in [-0.25, -0.2) is 0 Å². The minimum Gasteiger partial charge on any atom is -0.508 e. The number of rotatable bonds is 2. The van der Waals surface area contributed by atoms with Gasteiger partial charge in [0.05, 0.1) is 5.41 Å². The van der Waals surface area contributed by atoms with E-state index in [1.54, 1.807) is 6.07 Å². The average Bonchev–Trinajstić information content (AvgIpc) is 2.93. The number of hydrogen-bond acceptors (Lipinski definition) is 2. The van der Waals surface area contributed by atoms with Gasteiger partial charge in [0.15, 0.2) is 0 Å². The van der Waals surface area contributed by atoms with E-state index in [9.17, 15) is 9.90 Å². The molecule has 0 unspecified atom stereocenters. The van der Waals surface area contributed by atoms with Gasteiger partial charge in [0.25, 0.3) is 0 Å². The number of hydrogen-bond donors (Lipinski definition) is 2. The lowest BCUT2D eigenvalue weighted by molar-refractivity contribution is -0.140. The van der Waals surface area contributed by atoms with Gasteiger partial charge in [0.2, 0.25) is 0 Å². The van der Waals surface area contributed by atoms with Gasteiger partial charge in [0, 0.05) is 0 Å². The SMILES string of the molecule is Cc1cc(C2(C(=O)O)CC2)cc(O)c1C. The summed E-state index contributed by atoms with van der Waals surface area (Å²) in [5.74, 6) is -0.595. The maximum atomic E-state index is 11.1. The van der Waals surface area contributed by atoms with Crippen molar-refractivity contribution in [3.8, 4) is 5.75 Å². The van der Waals surface area contributed by atoms with Crippen molar-refractivity contribution in [2.45, 2.75) is 32.1 Å². The summed E-state index contributed by atoms with van der Waals surface area (Å²) in [4.78, 5) is 11.1. The van der Waals surface area contributed by atoms with Crippen molar-refractivity contribution in [3.63, 3.8) is 0 Å². The van der Waals surface area contributed by atoms with E-state index in [1.807, 2.05) is 19.9 Å². The van der Waals surface area contributed by atoms with E-state index in [4.69, 9.17) is 5.11 Å². The van der Waals surface area contributed by atoms with E-state index >= 15 is 0 Å². The van der Waals surface area contributed by atoms with Crippen LogP contribution in [0.1, 0.15) is 29.5 Å². The zero-order valence-corrected chi connectivity index (χ0v) is 8.87. The standard InChI is InChI=1S/C12H14O3/c1-7-5-9(6-10(13)8(7)2)12(3-4-12)11(14)15/h5-6,13H,3-4H2,1-2H3,(H,14,15). The lowest BCUT2D eigenvalue weighted by atomic mass is 9.92. The summed E-state index contributed by atoms with van der Waals surface area (Å²) in [5, 5.41) is 18.8. The maximum absolute atomic E-state index is 11.1. The minimum atomic E-state index is -0.787. The molecule has 0 bridgehead atoms. The number of carboxylic acids is 1. The van der Waals surface area contributed by atoms with Crippen molar-refractivity contribution in [2.24, 2.45) is 0 Å². The zero-order valence-electron chi connectivity index (χ0n) is 8.87. The molecule has 0 amide bonds. The highest BCUT2D eigenvalue weighted by Gasteiger charge is 2.52. The van der Waals surface area contributed by atoms with Crippen molar-refractivity contribution < 1.29 is 15.0 Å². The molecule has 3 nitrogen and oxygen atoms in total. The van der Waals surface area contributed by atoms with E-state index in [2.05, 4.69) is 0 Å². The molecule has 0 atom stereocenters. The first-order chi connectivity index (χ1) is 6.97. The molecule has 0 radical (unpaired) electrons. The summed E-state index contributed by atoms with van der Waals surface area (Å²) in [7, 11) is 0. The Morgan fingerprint density at radius 1 is 1.33 bits per heavy atom. The van der Waals surface area contributed by atoms with Gasteiger partial charge in [0.1, 0.15) is 5.75 Å². The van der Waals surface area contributed by atoms with Crippen LogP contribution >= 0.6 is 0 Å². The number of carboxylic acid groups (broad SMARTS) is 1. The van der Waals surface area contributed by atoms with Gasteiger partial charge in [-0.3, -0.25) is 4.79 Å². The Morgan fingerprint density at radius 3 is 2.33 bits per heavy atom. The Labute approximate surface area is 88.4 Å². The molecule has 0 aliphatic heterocycles. The molecular formula is C12H14O3. The van der Waals surface area contributed by atoms with Crippen LogP contribution in [-0.4, -0.2) is 16.2 Å². The second-order valence-electron chi connectivity index (χ2n) is 4.32. The zero-order chi connectivity index (χ0) is 11.2. The molecule has 1 aliphatic carbocycles. The summed E-state index contributed by atoms with van der Waals surface area (Å²) >= 11 is 0. The predicted octanol–water partition coefficient (Wildman–Crippen LogP) is 2.13. The lowest BCUT2D eigenvalue weighted by Crippen LogP contribution is -2.19. The van der Waals surface area contributed by atoms with Crippen molar-refractivity contribution in [1.29, 1.82) is 0 Å². The Kier molecular flexibility index (Phi) is 2.00. The predicted molar refractivity (Wildman–Crippen MR) is 56.1 cm³/mol. The fraction of sp³-hybridized carbons (Fsp3) is 0.417. The highest BCUT2D eigenvalue weighted by molar-refractivity contribution is 5.85. The van der Waals surface area contributed by atoms with Crippen molar-refractivity contribution in [1.82, 2.24) is 0 Å². The first kappa shape index (κ1) is 10.0. The Hall–Kier alpha value is -1.51. The number of aromatic hydroxyl groups is 1. The molecule has 0 aromatic heterocycles. The number of phenols is 1. The summed E-state index contributed by atoms with van der Waals surface area (Å²) in [6, 6.07) is 3.46. The summed E-state index contributed by atoms with van der Waals surface area (Å²) in [6.45, 7) is 3.71. The highest BCUT2D eigenvalue weighted by atomic mass is 16.4. The monoisotopic (exact) mass is 206 g/mol. The molecule has 2 N–H and O–H groups in total. The molecule has 0 heterocycles. The number of benzene rings is 1. The van der Waals surface area contributed by atoms with Crippen LogP contribution in [0.25, 0.3) is 0 Å². The Balaban J connectivity index is 2.51. The van der Waals surface area contributed by atoms with Gasteiger partial charge >= 0.3 is 5.97 Å². The van der Waals surface area contributed by atoms with E-state index < -0.39 is 11.4 Å². The molecule has 1 fully saturated rings. The number of aliphatic carboxylic acids is 1. The first-order valence-electron chi connectivity index (χ1n) is 5.01. The van der Waals surface area contributed by atoms with Crippen LogP contribution < -0.4 is 0 Å². The number of carbonyl (C=O) groups is 1. The Morgan fingerprint density at radius 2 is 1.93 bits per heavy atom. The third-order valence-electron chi connectivity index (χ3n) is 3.35. The first-order valence-corrected chi connectivity index (χ1v) is 5.01. The molecule has 1 aliphatic rings. The van der Waals surface area contributed by atoms with Gasteiger partial charge in [-0.2, -0.15) is 0 Å². The average molecular weight is 206 g/mol. The van der Waals surface area contributed by atoms with Crippen LogP contribution in [0.4, 0.5) is 0 Å². The van der Waals surface area contributed by atoms with Gasteiger partial charge < -0.3 is 10.2 Å².